The van der Waals surface area contributed by atoms with Crippen molar-refractivity contribution >= 4 is 34.8 Å². The van der Waals surface area contributed by atoms with Gasteiger partial charge in [-0.15, -0.1) is 11.3 Å². The summed E-state index contributed by atoms with van der Waals surface area (Å²) in [5.74, 6) is -1.06. The zero-order valence-electron chi connectivity index (χ0n) is 11.0. The summed E-state index contributed by atoms with van der Waals surface area (Å²) in [6.07, 6.45) is 1.36. The Kier molecular flexibility index (Phi) is 5.82. The highest BCUT2D eigenvalue weighted by molar-refractivity contribution is 7.16. The molecule has 0 atom stereocenters. The molecule has 0 aliphatic heterocycles. The lowest BCUT2D eigenvalue weighted by Crippen LogP contribution is -2.49. The van der Waals surface area contributed by atoms with Crippen LogP contribution in [0.4, 0.5) is 0 Å². The van der Waals surface area contributed by atoms with Crippen LogP contribution in [0, 0.1) is 0 Å². The Bertz CT molecular complexity index is 454. The Morgan fingerprint density at radius 3 is 2.42 bits per heavy atom. The van der Waals surface area contributed by atoms with Crippen LogP contribution in [0.15, 0.2) is 12.1 Å². The third-order valence-electron chi connectivity index (χ3n) is 3.21. The first-order chi connectivity index (χ1) is 8.90. The Morgan fingerprint density at radius 1 is 1.37 bits per heavy atom. The van der Waals surface area contributed by atoms with Crippen LogP contribution in [0.2, 0.25) is 4.34 Å². The standard InChI is InChI=1S/C13H18ClNO3S/c1-3-13(4-2,8-12(17)18)15-11(16)7-9-5-6-10(14)19-9/h5-6H,3-4,7-8H2,1-2H3,(H,15,16)(H,17,18). The molecule has 0 saturated carbocycles. The quantitative estimate of drug-likeness (QED) is 0.813. The molecule has 0 bridgehead atoms. The molecule has 0 aliphatic carbocycles. The lowest BCUT2D eigenvalue weighted by Gasteiger charge is -2.31. The van der Waals surface area contributed by atoms with Crippen molar-refractivity contribution in [2.75, 3.05) is 0 Å². The van der Waals surface area contributed by atoms with E-state index in [9.17, 15) is 9.59 Å². The summed E-state index contributed by atoms with van der Waals surface area (Å²) in [6, 6.07) is 3.56. The summed E-state index contributed by atoms with van der Waals surface area (Å²) in [7, 11) is 0. The first-order valence-electron chi connectivity index (χ1n) is 6.18. The lowest BCUT2D eigenvalue weighted by atomic mass is 9.89. The van der Waals surface area contributed by atoms with Crippen molar-refractivity contribution in [3.63, 3.8) is 0 Å². The van der Waals surface area contributed by atoms with E-state index in [4.69, 9.17) is 16.7 Å². The number of nitrogens with one attached hydrogen (secondary N) is 1. The molecule has 1 rings (SSSR count). The van der Waals surface area contributed by atoms with Crippen LogP contribution in [0.25, 0.3) is 0 Å². The van der Waals surface area contributed by atoms with Gasteiger partial charge in [0, 0.05) is 10.4 Å². The average molecular weight is 304 g/mol. The van der Waals surface area contributed by atoms with Gasteiger partial charge in [-0.25, -0.2) is 0 Å². The number of carboxylic acid groups (broad SMARTS) is 1. The Balaban J connectivity index is 2.68. The van der Waals surface area contributed by atoms with E-state index in [-0.39, 0.29) is 18.7 Å². The number of thiophene rings is 1. The van der Waals surface area contributed by atoms with Crippen molar-refractivity contribution in [3.05, 3.63) is 21.3 Å². The van der Waals surface area contributed by atoms with Crippen molar-refractivity contribution in [2.24, 2.45) is 0 Å². The summed E-state index contributed by atoms with van der Waals surface area (Å²) in [4.78, 5) is 23.8. The molecule has 1 amide bonds. The third-order valence-corrected chi connectivity index (χ3v) is 4.44. The molecule has 106 valence electrons. The summed E-state index contributed by atoms with van der Waals surface area (Å²) < 4.78 is 0.644. The molecule has 1 heterocycles. The second-order valence-electron chi connectivity index (χ2n) is 4.49. The predicted octanol–water partition coefficient (Wildman–Crippen LogP) is 3.09. The van der Waals surface area contributed by atoms with E-state index < -0.39 is 11.5 Å². The maximum atomic E-state index is 12.0. The van der Waals surface area contributed by atoms with Crippen LogP contribution >= 0.6 is 22.9 Å². The van der Waals surface area contributed by atoms with Gasteiger partial charge >= 0.3 is 5.97 Å². The predicted molar refractivity (Wildman–Crippen MR) is 76.7 cm³/mol. The van der Waals surface area contributed by atoms with Crippen LogP contribution in [0.3, 0.4) is 0 Å². The van der Waals surface area contributed by atoms with Crippen molar-refractivity contribution in [2.45, 2.75) is 45.1 Å². The largest absolute Gasteiger partial charge is 0.481 e. The highest BCUT2D eigenvalue weighted by Gasteiger charge is 2.30. The van der Waals surface area contributed by atoms with Crippen LogP contribution in [-0.2, 0) is 16.0 Å². The van der Waals surface area contributed by atoms with Crippen LogP contribution in [0.1, 0.15) is 38.0 Å². The first-order valence-corrected chi connectivity index (χ1v) is 7.37. The monoisotopic (exact) mass is 303 g/mol. The second kappa shape index (κ2) is 6.91. The zero-order chi connectivity index (χ0) is 14.5. The molecule has 0 aromatic carbocycles. The van der Waals surface area contributed by atoms with Gasteiger partial charge in [0.1, 0.15) is 0 Å². The topological polar surface area (TPSA) is 66.4 Å². The van der Waals surface area contributed by atoms with Crippen LogP contribution < -0.4 is 5.32 Å². The fraction of sp³-hybridized carbons (Fsp3) is 0.538. The molecule has 1 aromatic rings. The number of rotatable bonds is 7. The zero-order valence-corrected chi connectivity index (χ0v) is 12.6. The number of hydrogen-bond acceptors (Lipinski definition) is 3. The van der Waals surface area contributed by atoms with Gasteiger partial charge in [-0.2, -0.15) is 0 Å². The van der Waals surface area contributed by atoms with E-state index >= 15 is 0 Å². The second-order valence-corrected chi connectivity index (χ2v) is 6.29. The molecule has 19 heavy (non-hydrogen) atoms. The van der Waals surface area contributed by atoms with Gasteiger partial charge < -0.3 is 10.4 Å². The number of carboxylic acids is 1. The maximum Gasteiger partial charge on any atom is 0.305 e. The Labute approximate surface area is 121 Å². The molecule has 0 spiro atoms. The molecule has 2 N–H and O–H groups in total. The minimum absolute atomic E-state index is 0.0586. The summed E-state index contributed by atoms with van der Waals surface area (Å²) >= 11 is 7.17. The third kappa shape index (κ3) is 4.84. The molecule has 6 heteroatoms. The number of aliphatic carboxylic acids is 1. The van der Waals surface area contributed by atoms with Gasteiger partial charge in [-0.05, 0) is 25.0 Å². The van der Waals surface area contributed by atoms with E-state index in [1.54, 1.807) is 6.07 Å². The molecule has 4 nitrogen and oxygen atoms in total. The normalized spacial score (nSPS) is 11.3. The summed E-state index contributed by atoms with van der Waals surface area (Å²) in [5.41, 5.74) is -0.663. The number of halogens is 1. The Morgan fingerprint density at radius 2 is 2.00 bits per heavy atom. The summed E-state index contributed by atoms with van der Waals surface area (Å²) in [5, 5.41) is 11.8. The number of hydrogen-bond donors (Lipinski definition) is 2. The van der Waals surface area contributed by atoms with Gasteiger partial charge in [-0.1, -0.05) is 25.4 Å². The van der Waals surface area contributed by atoms with Gasteiger partial charge in [0.05, 0.1) is 17.2 Å². The highest BCUT2D eigenvalue weighted by Crippen LogP contribution is 2.23. The van der Waals surface area contributed by atoms with Gasteiger partial charge in [0.15, 0.2) is 0 Å². The average Bonchev–Trinajstić information content (AvgIpc) is 2.73. The van der Waals surface area contributed by atoms with E-state index in [2.05, 4.69) is 5.32 Å². The van der Waals surface area contributed by atoms with Crippen molar-refractivity contribution < 1.29 is 14.7 Å². The number of carbonyl (C=O) groups excluding carboxylic acids is 1. The van der Waals surface area contributed by atoms with E-state index in [0.29, 0.717) is 17.2 Å². The molecule has 0 saturated heterocycles. The molecule has 1 aromatic heterocycles. The molecule has 0 aliphatic rings. The van der Waals surface area contributed by atoms with Gasteiger partial charge in [0.2, 0.25) is 5.91 Å². The van der Waals surface area contributed by atoms with Crippen molar-refractivity contribution in [3.8, 4) is 0 Å². The van der Waals surface area contributed by atoms with Crippen LogP contribution in [0.5, 0.6) is 0 Å². The van der Waals surface area contributed by atoms with Gasteiger partial charge in [0.25, 0.3) is 0 Å². The minimum Gasteiger partial charge on any atom is -0.481 e. The highest BCUT2D eigenvalue weighted by atomic mass is 35.5. The van der Waals surface area contributed by atoms with E-state index in [0.717, 1.165) is 4.88 Å². The summed E-state index contributed by atoms with van der Waals surface area (Å²) in [6.45, 7) is 3.77. The fourth-order valence-electron chi connectivity index (χ4n) is 1.96. The maximum absolute atomic E-state index is 12.0. The van der Waals surface area contributed by atoms with Crippen molar-refractivity contribution in [1.82, 2.24) is 5.32 Å². The number of amides is 1. The lowest BCUT2D eigenvalue weighted by molar-refractivity contribution is -0.139. The molecular weight excluding hydrogens is 286 g/mol. The van der Waals surface area contributed by atoms with Crippen molar-refractivity contribution in [1.29, 1.82) is 0 Å². The molecule has 0 fully saturated rings. The van der Waals surface area contributed by atoms with E-state index in [1.807, 2.05) is 19.9 Å². The number of carbonyl (C=O) groups is 2. The van der Waals surface area contributed by atoms with Crippen LogP contribution in [-0.4, -0.2) is 22.5 Å². The Hall–Kier alpha value is -1.07. The van der Waals surface area contributed by atoms with Gasteiger partial charge in [-0.3, -0.25) is 9.59 Å². The molecular formula is C13H18ClNO3S. The smallest absolute Gasteiger partial charge is 0.305 e. The SMILES string of the molecule is CCC(CC)(CC(=O)O)NC(=O)Cc1ccc(Cl)s1. The fourth-order valence-corrected chi connectivity index (χ4v) is 3.04. The van der Waals surface area contributed by atoms with E-state index in [1.165, 1.54) is 11.3 Å². The molecule has 0 unspecified atom stereocenters. The first kappa shape index (κ1) is 16.0. The minimum atomic E-state index is -0.900. The molecule has 0 radical (unpaired) electrons.